The summed E-state index contributed by atoms with van der Waals surface area (Å²) in [6.45, 7) is 7.50. The van der Waals surface area contributed by atoms with Crippen LogP contribution in [0.15, 0.2) is 18.3 Å². The fraction of sp³-hybridized carbons (Fsp3) is 0.556. The van der Waals surface area contributed by atoms with Gasteiger partial charge in [0.2, 0.25) is 5.91 Å². The predicted molar refractivity (Wildman–Crippen MR) is 102 cm³/mol. The largest absolute Gasteiger partial charge is 0.443 e. The molecule has 0 N–H and O–H groups in total. The third-order valence-corrected chi connectivity index (χ3v) is 4.83. The maximum Gasteiger partial charge on any atom is 0.415 e. The Kier molecular flexibility index (Phi) is 6.28. The number of nitrogens with zero attached hydrogens (tertiary/aromatic N) is 3. The summed E-state index contributed by atoms with van der Waals surface area (Å²) in [6, 6.07) is 3.45. The van der Waals surface area contributed by atoms with E-state index in [1.165, 1.54) is 23.6 Å². The Morgan fingerprint density at radius 3 is 2.62 bits per heavy atom. The second-order valence-corrected chi connectivity index (χ2v) is 8.49. The molecule has 1 atom stereocenters. The molecule has 1 aromatic rings. The van der Waals surface area contributed by atoms with Crippen molar-refractivity contribution >= 4 is 40.4 Å². The van der Waals surface area contributed by atoms with Gasteiger partial charge in [-0.3, -0.25) is 14.5 Å². The topological polar surface area (TPSA) is 79.8 Å². The predicted octanol–water partition coefficient (Wildman–Crippen LogP) is 3.09. The fourth-order valence-corrected chi connectivity index (χ4v) is 3.23. The number of carbonyl (C=O) groups is 3. The van der Waals surface area contributed by atoms with Crippen LogP contribution in [0.5, 0.6) is 0 Å². The van der Waals surface area contributed by atoms with Crippen LogP contribution in [-0.2, 0) is 14.3 Å². The molecule has 1 aliphatic rings. The van der Waals surface area contributed by atoms with Gasteiger partial charge in [-0.05, 0) is 38.8 Å². The SMILES string of the molecule is CC(=O)SCC1CC(=O)N(c2ccc(N(C)C(=O)OC(C)(C)C)nc2)C1. The monoisotopic (exact) mass is 379 g/mol. The maximum absolute atomic E-state index is 12.2. The summed E-state index contributed by atoms with van der Waals surface area (Å²) in [5.74, 6) is 1.26. The molecule has 2 rings (SSSR count). The van der Waals surface area contributed by atoms with Crippen LogP contribution < -0.4 is 9.80 Å². The molecule has 8 heteroatoms. The number of ether oxygens (including phenoxy) is 1. The molecule has 1 aromatic heterocycles. The molecule has 0 bridgehead atoms. The van der Waals surface area contributed by atoms with Crippen molar-refractivity contribution in [2.24, 2.45) is 5.92 Å². The molecule has 1 fully saturated rings. The van der Waals surface area contributed by atoms with Crippen molar-refractivity contribution in [1.82, 2.24) is 4.98 Å². The van der Waals surface area contributed by atoms with Crippen molar-refractivity contribution in [3.63, 3.8) is 0 Å². The number of hydrogen-bond acceptors (Lipinski definition) is 6. The van der Waals surface area contributed by atoms with Crippen LogP contribution in [0, 0.1) is 5.92 Å². The molecular weight excluding hydrogens is 354 g/mol. The highest BCUT2D eigenvalue weighted by molar-refractivity contribution is 8.13. The summed E-state index contributed by atoms with van der Waals surface area (Å²) in [5, 5.41) is 0.0621. The molecule has 7 nitrogen and oxygen atoms in total. The van der Waals surface area contributed by atoms with Crippen molar-refractivity contribution in [3.05, 3.63) is 18.3 Å². The van der Waals surface area contributed by atoms with E-state index in [2.05, 4.69) is 4.98 Å². The molecule has 26 heavy (non-hydrogen) atoms. The van der Waals surface area contributed by atoms with E-state index in [4.69, 9.17) is 4.74 Å². The van der Waals surface area contributed by atoms with E-state index in [0.717, 1.165) is 0 Å². The maximum atomic E-state index is 12.2. The molecule has 0 saturated carbocycles. The van der Waals surface area contributed by atoms with Crippen LogP contribution >= 0.6 is 11.8 Å². The minimum Gasteiger partial charge on any atom is -0.443 e. The third-order valence-electron chi connectivity index (χ3n) is 3.78. The Balaban J connectivity index is 2.02. The molecule has 1 unspecified atom stereocenters. The van der Waals surface area contributed by atoms with Gasteiger partial charge in [0.15, 0.2) is 5.12 Å². The molecule has 0 spiro atoms. The highest BCUT2D eigenvalue weighted by Gasteiger charge is 2.31. The van der Waals surface area contributed by atoms with Crippen LogP contribution in [0.1, 0.15) is 34.1 Å². The van der Waals surface area contributed by atoms with Gasteiger partial charge in [0.25, 0.3) is 0 Å². The number of rotatable bonds is 4. The molecule has 1 saturated heterocycles. The quantitative estimate of drug-likeness (QED) is 0.800. The molecule has 0 aliphatic carbocycles. The van der Waals surface area contributed by atoms with Gasteiger partial charge in [-0.1, -0.05) is 11.8 Å². The zero-order valence-corrected chi connectivity index (χ0v) is 16.6. The number of carbonyl (C=O) groups excluding carboxylic acids is 3. The molecule has 2 heterocycles. The summed E-state index contributed by atoms with van der Waals surface area (Å²) in [5.41, 5.74) is 0.104. The number of thioether (sulfide) groups is 1. The van der Waals surface area contributed by atoms with E-state index in [1.54, 1.807) is 51.0 Å². The van der Waals surface area contributed by atoms with Crippen LogP contribution in [0.4, 0.5) is 16.3 Å². The molecule has 0 radical (unpaired) electrons. The van der Waals surface area contributed by atoms with Gasteiger partial charge in [0, 0.05) is 32.7 Å². The lowest BCUT2D eigenvalue weighted by Gasteiger charge is -2.24. The van der Waals surface area contributed by atoms with Gasteiger partial charge in [-0.25, -0.2) is 9.78 Å². The van der Waals surface area contributed by atoms with Gasteiger partial charge in [-0.15, -0.1) is 0 Å². The normalized spacial score (nSPS) is 17.3. The zero-order chi connectivity index (χ0) is 19.5. The average molecular weight is 379 g/mol. The van der Waals surface area contributed by atoms with E-state index in [-0.39, 0.29) is 16.9 Å². The molecule has 1 aliphatic heterocycles. The van der Waals surface area contributed by atoms with Crippen molar-refractivity contribution in [2.45, 2.75) is 39.7 Å². The Bertz CT molecular complexity index is 685. The summed E-state index contributed by atoms with van der Waals surface area (Å²) < 4.78 is 5.31. The van der Waals surface area contributed by atoms with Crippen LogP contribution in [0.25, 0.3) is 0 Å². The summed E-state index contributed by atoms with van der Waals surface area (Å²) in [6.07, 6.45) is 1.52. The first-order valence-corrected chi connectivity index (χ1v) is 9.42. The van der Waals surface area contributed by atoms with Crippen LogP contribution in [-0.4, -0.2) is 47.0 Å². The van der Waals surface area contributed by atoms with Crippen molar-refractivity contribution in [3.8, 4) is 0 Å². The lowest BCUT2D eigenvalue weighted by Crippen LogP contribution is -2.34. The lowest BCUT2D eigenvalue weighted by molar-refractivity contribution is -0.117. The van der Waals surface area contributed by atoms with E-state index in [9.17, 15) is 14.4 Å². The minimum absolute atomic E-state index is 0.0224. The fourth-order valence-electron chi connectivity index (χ4n) is 2.54. The van der Waals surface area contributed by atoms with Crippen molar-refractivity contribution in [2.75, 3.05) is 29.1 Å². The smallest absolute Gasteiger partial charge is 0.415 e. The van der Waals surface area contributed by atoms with Gasteiger partial charge < -0.3 is 9.64 Å². The molecule has 0 aromatic carbocycles. The van der Waals surface area contributed by atoms with Gasteiger partial charge in [0.1, 0.15) is 11.4 Å². The van der Waals surface area contributed by atoms with Crippen LogP contribution in [0.2, 0.25) is 0 Å². The van der Waals surface area contributed by atoms with E-state index in [0.29, 0.717) is 30.2 Å². The molecule has 2 amide bonds. The van der Waals surface area contributed by atoms with E-state index >= 15 is 0 Å². The first-order valence-electron chi connectivity index (χ1n) is 8.43. The number of hydrogen-bond donors (Lipinski definition) is 0. The highest BCUT2D eigenvalue weighted by Crippen LogP contribution is 2.28. The Morgan fingerprint density at radius 1 is 1.38 bits per heavy atom. The average Bonchev–Trinajstić information content (AvgIpc) is 2.91. The second-order valence-electron chi connectivity index (χ2n) is 7.29. The Labute approximate surface area is 158 Å². The Morgan fingerprint density at radius 2 is 2.08 bits per heavy atom. The third kappa shape index (κ3) is 5.45. The second kappa shape index (κ2) is 8.07. The van der Waals surface area contributed by atoms with Crippen LogP contribution in [0.3, 0.4) is 0 Å². The van der Waals surface area contributed by atoms with Gasteiger partial charge in [-0.2, -0.15) is 0 Å². The first kappa shape index (κ1) is 20.2. The summed E-state index contributed by atoms with van der Waals surface area (Å²) in [7, 11) is 1.59. The number of pyridine rings is 1. The zero-order valence-electron chi connectivity index (χ0n) is 15.8. The lowest BCUT2D eigenvalue weighted by atomic mass is 10.1. The minimum atomic E-state index is -0.583. The summed E-state index contributed by atoms with van der Waals surface area (Å²) >= 11 is 1.25. The Hall–Kier alpha value is -2.09. The van der Waals surface area contributed by atoms with Gasteiger partial charge in [0.05, 0.1) is 11.9 Å². The number of anilines is 2. The molecular formula is C18H25N3O4S. The number of amides is 2. The first-order chi connectivity index (χ1) is 12.1. The van der Waals surface area contributed by atoms with E-state index < -0.39 is 11.7 Å². The summed E-state index contributed by atoms with van der Waals surface area (Å²) in [4.78, 5) is 42.7. The van der Waals surface area contributed by atoms with Gasteiger partial charge >= 0.3 is 6.09 Å². The highest BCUT2D eigenvalue weighted by atomic mass is 32.2. The van der Waals surface area contributed by atoms with E-state index in [1.807, 2.05) is 0 Å². The van der Waals surface area contributed by atoms with Crippen molar-refractivity contribution in [1.29, 1.82) is 0 Å². The standard InChI is InChI=1S/C18H25N3O4S/c1-12(22)26-11-13-8-16(23)21(10-13)14-6-7-15(19-9-14)20(5)17(24)25-18(2,3)4/h6-7,9,13H,8,10-11H2,1-5H3. The number of aromatic nitrogens is 1. The molecule has 142 valence electrons. The van der Waals surface area contributed by atoms with Crippen molar-refractivity contribution < 1.29 is 19.1 Å².